The standard InChI is InChI=1S/C22H29N3O5/c1-3-30-22(29)16-9-12-24(13-10-16)20(27)15-23(2)21(28)17-6-4-7-18(14-17)25-11-5-8-19(25)26/h4,6-7,14,16H,3,5,8-13,15H2,1-2H3. The summed E-state index contributed by atoms with van der Waals surface area (Å²) >= 11 is 0. The molecule has 162 valence electrons. The zero-order valence-electron chi connectivity index (χ0n) is 17.6. The third-order valence-electron chi connectivity index (χ3n) is 5.66. The van der Waals surface area contributed by atoms with Gasteiger partial charge < -0.3 is 19.4 Å². The van der Waals surface area contributed by atoms with Crippen molar-refractivity contribution in [2.45, 2.75) is 32.6 Å². The Kier molecular flexibility index (Phi) is 7.07. The first-order valence-corrected chi connectivity index (χ1v) is 10.5. The number of likely N-dealkylation sites (N-methyl/N-ethyl adjacent to an activating group) is 1. The van der Waals surface area contributed by atoms with E-state index in [0.717, 1.165) is 6.42 Å². The summed E-state index contributed by atoms with van der Waals surface area (Å²) in [5.41, 5.74) is 1.16. The Morgan fingerprint density at radius 1 is 1.17 bits per heavy atom. The lowest BCUT2D eigenvalue weighted by Gasteiger charge is -2.32. The normalized spacial score (nSPS) is 17.2. The second kappa shape index (κ2) is 9.73. The van der Waals surface area contributed by atoms with Crippen LogP contribution in [0.25, 0.3) is 0 Å². The van der Waals surface area contributed by atoms with E-state index in [1.807, 2.05) is 6.07 Å². The molecule has 1 aromatic carbocycles. The highest BCUT2D eigenvalue weighted by atomic mass is 16.5. The van der Waals surface area contributed by atoms with Crippen molar-refractivity contribution in [2.24, 2.45) is 5.92 Å². The summed E-state index contributed by atoms with van der Waals surface area (Å²) in [6.45, 7) is 3.73. The number of carbonyl (C=O) groups excluding carboxylic acids is 4. The third-order valence-corrected chi connectivity index (χ3v) is 5.66. The van der Waals surface area contributed by atoms with E-state index in [0.29, 0.717) is 56.8 Å². The van der Waals surface area contributed by atoms with Gasteiger partial charge in [-0.3, -0.25) is 19.2 Å². The molecule has 2 aliphatic heterocycles. The van der Waals surface area contributed by atoms with E-state index in [4.69, 9.17) is 4.74 Å². The first-order chi connectivity index (χ1) is 14.4. The Bertz CT molecular complexity index is 817. The number of carbonyl (C=O) groups is 4. The van der Waals surface area contributed by atoms with Gasteiger partial charge in [-0.05, 0) is 44.4 Å². The molecule has 1 aromatic rings. The topological polar surface area (TPSA) is 87.2 Å². The number of nitrogens with zero attached hydrogens (tertiary/aromatic N) is 3. The summed E-state index contributed by atoms with van der Waals surface area (Å²) in [5, 5.41) is 0. The van der Waals surface area contributed by atoms with Crippen molar-refractivity contribution in [3.05, 3.63) is 29.8 Å². The van der Waals surface area contributed by atoms with Crippen molar-refractivity contribution >= 4 is 29.4 Å². The average molecular weight is 415 g/mol. The molecule has 30 heavy (non-hydrogen) atoms. The molecule has 2 heterocycles. The van der Waals surface area contributed by atoms with Crippen LogP contribution in [0.15, 0.2) is 24.3 Å². The molecule has 0 atom stereocenters. The SMILES string of the molecule is CCOC(=O)C1CCN(C(=O)CN(C)C(=O)c2cccc(N3CCCC3=O)c2)CC1. The molecule has 0 bridgehead atoms. The van der Waals surface area contributed by atoms with E-state index in [2.05, 4.69) is 0 Å². The molecule has 2 saturated heterocycles. The van der Waals surface area contributed by atoms with E-state index < -0.39 is 0 Å². The van der Waals surface area contributed by atoms with Crippen LogP contribution >= 0.6 is 0 Å². The lowest BCUT2D eigenvalue weighted by atomic mass is 9.97. The molecule has 0 radical (unpaired) electrons. The van der Waals surface area contributed by atoms with Gasteiger partial charge in [0.25, 0.3) is 5.91 Å². The van der Waals surface area contributed by atoms with Crippen LogP contribution in [0.3, 0.4) is 0 Å². The molecule has 0 spiro atoms. The summed E-state index contributed by atoms with van der Waals surface area (Å²) in [7, 11) is 1.60. The molecule has 2 fully saturated rings. The Morgan fingerprint density at radius 2 is 1.90 bits per heavy atom. The minimum Gasteiger partial charge on any atom is -0.466 e. The maximum atomic E-state index is 12.8. The van der Waals surface area contributed by atoms with Crippen molar-refractivity contribution in [1.29, 1.82) is 0 Å². The fraction of sp³-hybridized carbons (Fsp3) is 0.545. The zero-order chi connectivity index (χ0) is 21.7. The van der Waals surface area contributed by atoms with Crippen molar-refractivity contribution in [2.75, 3.05) is 44.7 Å². The lowest BCUT2D eigenvalue weighted by Crippen LogP contribution is -2.45. The molecule has 0 unspecified atom stereocenters. The Balaban J connectivity index is 1.55. The fourth-order valence-electron chi connectivity index (χ4n) is 3.95. The van der Waals surface area contributed by atoms with Crippen LogP contribution in [0.2, 0.25) is 0 Å². The molecule has 0 aromatic heterocycles. The second-order valence-electron chi connectivity index (χ2n) is 7.77. The van der Waals surface area contributed by atoms with E-state index in [9.17, 15) is 19.2 Å². The molecule has 8 heteroatoms. The maximum Gasteiger partial charge on any atom is 0.309 e. The van der Waals surface area contributed by atoms with Crippen LogP contribution < -0.4 is 4.90 Å². The van der Waals surface area contributed by atoms with Crippen LogP contribution in [0.4, 0.5) is 5.69 Å². The van der Waals surface area contributed by atoms with Crippen LogP contribution in [-0.2, 0) is 19.1 Å². The summed E-state index contributed by atoms with van der Waals surface area (Å²) < 4.78 is 5.06. The number of likely N-dealkylation sites (tertiary alicyclic amines) is 1. The van der Waals surface area contributed by atoms with Gasteiger partial charge in [-0.25, -0.2) is 0 Å². The number of amides is 3. The number of hydrogen-bond acceptors (Lipinski definition) is 5. The first-order valence-electron chi connectivity index (χ1n) is 10.5. The second-order valence-corrected chi connectivity index (χ2v) is 7.77. The van der Waals surface area contributed by atoms with Gasteiger partial charge in [0.1, 0.15) is 0 Å². The Morgan fingerprint density at radius 3 is 2.53 bits per heavy atom. The summed E-state index contributed by atoms with van der Waals surface area (Å²) in [6, 6.07) is 6.97. The minimum atomic E-state index is -0.266. The van der Waals surface area contributed by atoms with Crippen LogP contribution in [0.5, 0.6) is 0 Å². The van der Waals surface area contributed by atoms with Gasteiger partial charge in [-0.15, -0.1) is 0 Å². The lowest BCUT2D eigenvalue weighted by molar-refractivity contribution is -0.151. The highest BCUT2D eigenvalue weighted by Crippen LogP contribution is 2.23. The van der Waals surface area contributed by atoms with Crippen LogP contribution in [-0.4, -0.2) is 73.3 Å². The predicted octanol–water partition coefficient (Wildman–Crippen LogP) is 1.69. The number of hydrogen-bond donors (Lipinski definition) is 0. The third kappa shape index (κ3) is 4.98. The van der Waals surface area contributed by atoms with Crippen molar-refractivity contribution < 1.29 is 23.9 Å². The van der Waals surface area contributed by atoms with Crippen molar-refractivity contribution in [3.63, 3.8) is 0 Å². The molecule has 8 nitrogen and oxygen atoms in total. The van der Waals surface area contributed by atoms with Crippen LogP contribution in [0, 0.1) is 5.92 Å². The molecular weight excluding hydrogens is 386 g/mol. The highest BCUT2D eigenvalue weighted by Gasteiger charge is 2.29. The minimum absolute atomic E-state index is 0.0320. The molecule has 2 aliphatic rings. The van der Waals surface area contributed by atoms with Crippen LogP contribution in [0.1, 0.15) is 43.0 Å². The van der Waals surface area contributed by atoms with Gasteiger partial charge in [-0.1, -0.05) is 6.07 Å². The van der Waals surface area contributed by atoms with Gasteiger partial charge in [0, 0.05) is 44.4 Å². The molecular formula is C22H29N3O5. The molecule has 3 rings (SSSR count). The Labute approximate surface area is 176 Å². The fourth-order valence-corrected chi connectivity index (χ4v) is 3.95. The van der Waals surface area contributed by atoms with E-state index in [1.54, 1.807) is 42.0 Å². The number of anilines is 1. The molecule has 0 saturated carbocycles. The number of esters is 1. The van der Waals surface area contributed by atoms with Crippen molar-refractivity contribution in [1.82, 2.24) is 9.80 Å². The van der Waals surface area contributed by atoms with E-state index in [-0.39, 0.29) is 36.2 Å². The van der Waals surface area contributed by atoms with Crippen molar-refractivity contribution in [3.8, 4) is 0 Å². The summed E-state index contributed by atoms with van der Waals surface area (Å²) in [4.78, 5) is 54.0. The molecule has 0 N–H and O–H groups in total. The van der Waals surface area contributed by atoms with E-state index in [1.165, 1.54) is 4.90 Å². The Hall–Kier alpha value is -2.90. The summed E-state index contributed by atoms with van der Waals surface area (Å²) in [6.07, 6.45) is 2.50. The first kappa shape index (κ1) is 21.8. The molecule has 3 amide bonds. The van der Waals surface area contributed by atoms with Gasteiger partial charge in [0.05, 0.1) is 19.1 Å². The number of rotatable bonds is 6. The van der Waals surface area contributed by atoms with E-state index >= 15 is 0 Å². The number of ether oxygens (including phenoxy) is 1. The van der Waals surface area contributed by atoms with Gasteiger partial charge in [0.15, 0.2) is 0 Å². The maximum absolute atomic E-state index is 12.8. The van der Waals surface area contributed by atoms with Gasteiger partial charge in [-0.2, -0.15) is 0 Å². The van der Waals surface area contributed by atoms with Gasteiger partial charge in [0.2, 0.25) is 11.8 Å². The molecule has 0 aliphatic carbocycles. The zero-order valence-corrected chi connectivity index (χ0v) is 17.6. The highest BCUT2D eigenvalue weighted by molar-refractivity contribution is 6.00. The smallest absolute Gasteiger partial charge is 0.309 e. The number of piperidine rings is 1. The quantitative estimate of drug-likeness (QED) is 0.660. The number of benzene rings is 1. The monoisotopic (exact) mass is 415 g/mol. The summed E-state index contributed by atoms with van der Waals surface area (Å²) in [5.74, 6) is -0.704. The van der Waals surface area contributed by atoms with Gasteiger partial charge >= 0.3 is 5.97 Å². The average Bonchev–Trinajstić information content (AvgIpc) is 3.19. The predicted molar refractivity (Wildman–Crippen MR) is 111 cm³/mol. The largest absolute Gasteiger partial charge is 0.466 e.